The van der Waals surface area contributed by atoms with Gasteiger partial charge in [-0.2, -0.15) is 0 Å². The maximum atomic E-state index is 13.3. The zero-order chi connectivity index (χ0) is 14.3. The molecule has 2 aromatic rings. The molecule has 4 nitrogen and oxygen atoms in total. The molecule has 1 aromatic heterocycles. The minimum absolute atomic E-state index is 0.328. The molecule has 0 radical (unpaired) electrons. The second kappa shape index (κ2) is 4.90. The molecule has 0 spiro atoms. The lowest BCUT2D eigenvalue weighted by molar-refractivity contribution is 0.628. The fourth-order valence-electron chi connectivity index (χ4n) is 1.96. The molecule has 3 N–H and O–H groups in total. The van der Waals surface area contributed by atoms with Crippen LogP contribution in [0.25, 0.3) is 0 Å². The number of nitrogens with zero attached hydrogens (tertiary/aromatic N) is 2. The van der Waals surface area contributed by atoms with E-state index in [4.69, 9.17) is 17.3 Å². The third-order valence-electron chi connectivity index (χ3n) is 3.27. The van der Waals surface area contributed by atoms with Crippen molar-refractivity contribution in [3.8, 4) is 0 Å². The summed E-state index contributed by atoms with van der Waals surface area (Å²) in [5, 5.41) is 3.39. The van der Waals surface area contributed by atoms with Crippen LogP contribution in [0.4, 0.5) is 21.7 Å². The number of hydrogen-bond donors (Lipinski definition) is 2. The van der Waals surface area contributed by atoms with Crippen LogP contribution in [-0.4, -0.2) is 9.97 Å². The predicted octanol–water partition coefficient (Wildman–Crippen LogP) is 3.78. The molecular weight excluding hydrogens is 279 g/mol. The topological polar surface area (TPSA) is 63.8 Å². The van der Waals surface area contributed by atoms with Crippen LogP contribution in [0.1, 0.15) is 30.1 Å². The van der Waals surface area contributed by atoms with Gasteiger partial charge in [-0.3, -0.25) is 0 Å². The normalized spacial score (nSPS) is 14.3. The van der Waals surface area contributed by atoms with E-state index in [0.717, 1.165) is 24.2 Å². The van der Waals surface area contributed by atoms with E-state index in [-0.39, 0.29) is 0 Å². The van der Waals surface area contributed by atoms with E-state index in [0.29, 0.717) is 28.3 Å². The van der Waals surface area contributed by atoms with Gasteiger partial charge in [-0.1, -0.05) is 11.6 Å². The van der Waals surface area contributed by atoms with Crippen LogP contribution in [0.3, 0.4) is 0 Å². The average Bonchev–Trinajstić information content (AvgIpc) is 3.17. The Morgan fingerprint density at radius 2 is 2.05 bits per heavy atom. The Morgan fingerprint density at radius 3 is 2.70 bits per heavy atom. The number of benzene rings is 1. The molecule has 0 bridgehead atoms. The summed E-state index contributed by atoms with van der Waals surface area (Å²) in [6.07, 6.45) is 2.18. The van der Waals surface area contributed by atoms with Crippen molar-refractivity contribution in [2.75, 3.05) is 11.1 Å². The molecule has 0 atom stereocenters. The van der Waals surface area contributed by atoms with Crippen LogP contribution in [0.5, 0.6) is 0 Å². The van der Waals surface area contributed by atoms with Gasteiger partial charge in [0.1, 0.15) is 23.3 Å². The van der Waals surface area contributed by atoms with Crippen molar-refractivity contribution in [1.29, 1.82) is 0 Å². The zero-order valence-electron chi connectivity index (χ0n) is 11.0. The van der Waals surface area contributed by atoms with Crippen molar-refractivity contribution in [2.45, 2.75) is 25.7 Å². The number of nitrogens with two attached hydrogens (primary N) is 1. The van der Waals surface area contributed by atoms with Gasteiger partial charge in [0.15, 0.2) is 0 Å². The van der Waals surface area contributed by atoms with Gasteiger partial charge in [0.2, 0.25) is 0 Å². The lowest BCUT2D eigenvalue weighted by Crippen LogP contribution is -2.06. The molecular formula is C14H14ClFN4. The Kier molecular flexibility index (Phi) is 3.22. The Labute approximate surface area is 121 Å². The highest BCUT2D eigenvalue weighted by molar-refractivity contribution is 6.30. The molecule has 104 valence electrons. The Balaban J connectivity index is 1.96. The second-order valence-electron chi connectivity index (χ2n) is 5.00. The highest BCUT2D eigenvalue weighted by atomic mass is 35.5. The smallest absolute Gasteiger partial charge is 0.139 e. The van der Waals surface area contributed by atoms with Crippen LogP contribution in [0.2, 0.25) is 5.02 Å². The van der Waals surface area contributed by atoms with Crippen LogP contribution < -0.4 is 11.1 Å². The molecule has 0 saturated heterocycles. The lowest BCUT2D eigenvalue weighted by Gasteiger charge is -2.12. The first-order valence-electron chi connectivity index (χ1n) is 6.40. The number of rotatable bonds is 3. The molecule has 0 aliphatic heterocycles. The predicted molar refractivity (Wildman–Crippen MR) is 77.8 cm³/mol. The van der Waals surface area contributed by atoms with Crippen LogP contribution >= 0.6 is 11.6 Å². The molecule has 1 fully saturated rings. The van der Waals surface area contributed by atoms with E-state index in [1.165, 1.54) is 12.1 Å². The number of nitrogen functional groups attached to an aromatic ring is 1. The second-order valence-corrected chi connectivity index (χ2v) is 5.43. The summed E-state index contributed by atoms with van der Waals surface area (Å²) in [6.45, 7) is 1.83. The van der Waals surface area contributed by atoms with Gasteiger partial charge in [0.05, 0.1) is 0 Å². The molecule has 0 amide bonds. The number of halogens is 2. The van der Waals surface area contributed by atoms with Gasteiger partial charge >= 0.3 is 0 Å². The lowest BCUT2D eigenvalue weighted by atomic mass is 10.2. The fraction of sp³-hybridized carbons (Fsp3) is 0.286. The highest BCUT2D eigenvalue weighted by Gasteiger charge is 2.27. The molecule has 20 heavy (non-hydrogen) atoms. The summed E-state index contributed by atoms with van der Waals surface area (Å²) in [4.78, 5) is 8.78. The standard InChI is InChI=1S/C14H14ClFN4/c1-7-12(17)19-14(8-2-3-8)20-13(7)18-11-5-9(15)4-10(16)6-11/h4-6,8H,2-3H2,1H3,(H3,17,18,19,20). The first-order valence-corrected chi connectivity index (χ1v) is 6.78. The Bertz CT molecular complexity index is 650. The third kappa shape index (κ3) is 2.67. The maximum absolute atomic E-state index is 13.3. The number of nitrogens with one attached hydrogen (secondary N) is 1. The summed E-state index contributed by atoms with van der Waals surface area (Å²) in [5.74, 6) is 1.79. The molecule has 1 aliphatic rings. The maximum Gasteiger partial charge on any atom is 0.139 e. The summed E-state index contributed by atoms with van der Waals surface area (Å²) >= 11 is 5.84. The van der Waals surface area contributed by atoms with E-state index in [1.807, 2.05) is 6.92 Å². The van der Waals surface area contributed by atoms with Crippen LogP contribution in [-0.2, 0) is 0 Å². The summed E-state index contributed by atoms with van der Waals surface area (Å²) in [5.41, 5.74) is 7.19. The van der Waals surface area contributed by atoms with E-state index in [9.17, 15) is 4.39 Å². The quantitative estimate of drug-likeness (QED) is 0.903. The highest BCUT2D eigenvalue weighted by Crippen LogP contribution is 2.39. The van der Waals surface area contributed by atoms with Crippen molar-refractivity contribution in [3.63, 3.8) is 0 Å². The van der Waals surface area contributed by atoms with Gasteiger partial charge in [-0.15, -0.1) is 0 Å². The third-order valence-corrected chi connectivity index (χ3v) is 3.49. The zero-order valence-corrected chi connectivity index (χ0v) is 11.7. The van der Waals surface area contributed by atoms with Gasteiger partial charge in [0, 0.05) is 22.2 Å². The fourth-order valence-corrected chi connectivity index (χ4v) is 2.18. The van der Waals surface area contributed by atoms with E-state index in [2.05, 4.69) is 15.3 Å². The van der Waals surface area contributed by atoms with Crippen molar-refractivity contribution in [3.05, 3.63) is 40.4 Å². The molecule has 1 aliphatic carbocycles. The average molecular weight is 293 g/mol. The summed E-state index contributed by atoms with van der Waals surface area (Å²) in [7, 11) is 0. The molecule has 1 saturated carbocycles. The molecule has 6 heteroatoms. The van der Waals surface area contributed by atoms with Crippen molar-refractivity contribution >= 4 is 28.9 Å². The molecule has 3 rings (SSSR count). The minimum atomic E-state index is -0.401. The van der Waals surface area contributed by atoms with Crippen molar-refractivity contribution < 1.29 is 4.39 Å². The van der Waals surface area contributed by atoms with E-state index in [1.54, 1.807) is 6.07 Å². The van der Waals surface area contributed by atoms with E-state index >= 15 is 0 Å². The molecule has 0 unspecified atom stereocenters. The van der Waals surface area contributed by atoms with Crippen molar-refractivity contribution in [1.82, 2.24) is 9.97 Å². The number of hydrogen-bond acceptors (Lipinski definition) is 4. The van der Waals surface area contributed by atoms with Gasteiger partial charge in [-0.25, -0.2) is 14.4 Å². The SMILES string of the molecule is Cc1c(N)nc(C2CC2)nc1Nc1cc(F)cc(Cl)c1. The number of anilines is 3. The van der Waals surface area contributed by atoms with Crippen LogP contribution in [0.15, 0.2) is 18.2 Å². The van der Waals surface area contributed by atoms with E-state index < -0.39 is 5.82 Å². The largest absolute Gasteiger partial charge is 0.383 e. The molecule has 1 heterocycles. The number of aromatic nitrogens is 2. The Morgan fingerprint density at radius 1 is 1.30 bits per heavy atom. The van der Waals surface area contributed by atoms with Crippen molar-refractivity contribution in [2.24, 2.45) is 0 Å². The van der Waals surface area contributed by atoms with Gasteiger partial charge in [-0.05, 0) is 38.0 Å². The Hall–Kier alpha value is -1.88. The monoisotopic (exact) mass is 292 g/mol. The van der Waals surface area contributed by atoms with Crippen LogP contribution in [0, 0.1) is 12.7 Å². The molecule has 1 aromatic carbocycles. The van der Waals surface area contributed by atoms with Gasteiger partial charge in [0.25, 0.3) is 0 Å². The summed E-state index contributed by atoms with van der Waals surface area (Å²) < 4.78 is 13.3. The minimum Gasteiger partial charge on any atom is -0.383 e. The van der Waals surface area contributed by atoms with Gasteiger partial charge < -0.3 is 11.1 Å². The summed E-state index contributed by atoms with van der Waals surface area (Å²) in [6, 6.07) is 4.25. The first-order chi connectivity index (χ1) is 9.52. The first kappa shape index (κ1) is 13.1.